The van der Waals surface area contributed by atoms with E-state index in [0.717, 1.165) is 36.6 Å². The minimum Gasteiger partial charge on any atom is -0.346 e. The topological polar surface area (TPSA) is 71.0 Å². The number of fused-ring (bicyclic) bond motifs is 1. The Hall–Kier alpha value is -2.06. The molecule has 8 heteroatoms. The van der Waals surface area contributed by atoms with Crippen LogP contribution in [0, 0.1) is 0 Å². The summed E-state index contributed by atoms with van der Waals surface area (Å²) in [4.78, 5) is 19.1. The number of benzene rings is 1. The van der Waals surface area contributed by atoms with Crippen molar-refractivity contribution >= 4 is 44.1 Å². The zero-order chi connectivity index (χ0) is 15.6. The summed E-state index contributed by atoms with van der Waals surface area (Å²) < 4.78 is 4.93. The van der Waals surface area contributed by atoms with Crippen LogP contribution in [0.4, 0.5) is 5.13 Å². The zero-order valence-electron chi connectivity index (χ0n) is 12.3. The van der Waals surface area contributed by atoms with Crippen molar-refractivity contribution in [2.24, 2.45) is 0 Å². The Bertz CT molecular complexity index is 783. The van der Waals surface area contributed by atoms with Crippen LogP contribution in [-0.4, -0.2) is 39.6 Å². The Labute approximate surface area is 141 Å². The standard InChI is InChI=1S/C15H15N5OS2/c21-14(12-9-22-19-18-12)16-10-4-3-7-20(8-10)15-17-11-5-1-2-6-13(11)23-15/h1-2,5-6,9-10H,3-4,7-8H2,(H,16,21)/t10-/m1/s1. The zero-order valence-corrected chi connectivity index (χ0v) is 13.9. The molecular formula is C15H15N5OS2. The average molecular weight is 345 g/mol. The second-order valence-electron chi connectivity index (χ2n) is 5.51. The Kier molecular flexibility index (Phi) is 3.92. The highest BCUT2D eigenvalue weighted by Crippen LogP contribution is 2.30. The molecule has 1 amide bonds. The predicted octanol–water partition coefficient (Wildman–Crippen LogP) is 2.55. The Balaban J connectivity index is 1.47. The summed E-state index contributed by atoms with van der Waals surface area (Å²) in [5.74, 6) is -0.144. The number of thiazole rings is 1. The number of para-hydroxylation sites is 1. The number of hydrogen-bond donors (Lipinski definition) is 1. The predicted molar refractivity (Wildman–Crippen MR) is 92.2 cm³/mol. The largest absolute Gasteiger partial charge is 0.346 e. The summed E-state index contributed by atoms with van der Waals surface area (Å²) in [7, 11) is 0. The summed E-state index contributed by atoms with van der Waals surface area (Å²) in [5, 5.41) is 9.57. The van der Waals surface area contributed by atoms with Crippen molar-refractivity contribution in [2.75, 3.05) is 18.0 Å². The number of hydrogen-bond acceptors (Lipinski definition) is 7. The van der Waals surface area contributed by atoms with E-state index in [1.165, 1.54) is 16.2 Å². The second kappa shape index (κ2) is 6.21. The number of amides is 1. The van der Waals surface area contributed by atoms with Crippen molar-refractivity contribution in [2.45, 2.75) is 18.9 Å². The summed E-state index contributed by atoms with van der Waals surface area (Å²) in [6.45, 7) is 1.76. The summed E-state index contributed by atoms with van der Waals surface area (Å²) in [5.41, 5.74) is 1.43. The molecule has 2 aromatic heterocycles. The first-order chi connectivity index (χ1) is 11.3. The molecule has 6 nitrogen and oxygen atoms in total. The van der Waals surface area contributed by atoms with Gasteiger partial charge in [-0.05, 0) is 36.5 Å². The number of nitrogens with zero attached hydrogens (tertiary/aromatic N) is 4. The van der Waals surface area contributed by atoms with Crippen LogP contribution in [0.15, 0.2) is 29.6 Å². The first-order valence-corrected chi connectivity index (χ1v) is 9.13. The lowest BCUT2D eigenvalue weighted by Crippen LogP contribution is -2.47. The van der Waals surface area contributed by atoms with Gasteiger partial charge in [0.2, 0.25) is 0 Å². The van der Waals surface area contributed by atoms with Crippen LogP contribution in [0.25, 0.3) is 10.2 Å². The lowest BCUT2D eigenvalue weighted by molar-refractivity contribution is 0.0928. The number of anilines is 1. The maximum atomic E-state index is 12.1. The van der Waals surface area contributed by atoms with Gasteiger partial charge < -0.3 is 10.2 Å². The van der Waals surface area contributed by atoms with Gasteiger partial charge in [0.15, 0.2) is 10.8 Å². The maximum Gasteiger partial charge on any atom is 0.273 e. The second-order valence-corrected chi connectivity index (χ2v) is 7.13. The van der Waals surface area contributed by atoms with Gasteiger partial charge in [-0.25, -0.2) is 4.98 Å². The van der Waals surface area contributed by atoms with E-state index < -0.39 is 0 Å². The van der Waals surface area contributed by atoms with E-state index in [-0.39, 0.29) is 11.9 Å². The smallest absolute Gasteiger partial charge is 0.273 e. The van der Waals surface area contributed by atoms with Gasteiger partial charge in [0.05, 0.1) is 10.2 Å². The van der Waals surface area contributed by atoms with Gasteiger partial charge in [-0.15, -0.1) is 5.10 Å². The molecule has 118 valence electrons. The van der Waals surface area contributed by atoms with Crippen LogP contribution in [-0.2, 0) is 0 Å². The maximum absolute atomic E-state index is 12.1. The highest BCUT2D eigenvalue weighted by atomic mass is 32.1. The van der Waals surface area contributed by atoms with Crippen molar-refractivity contribution in [3.05, 3.63) is 35.3 Å². The van der Waals surface area contributed by atoms with Crippen molar-refractivity contribution in [1.82, 2.24) is 19.9 Å². The number of carbonyl (C=O) groups is 1. The van der Waals surface area contributed by atoms with E-state index >= 15 is 0 Å². The lowest BCUT2D eigenvalue weighted by Gasteiger charge is -2.32. The van der Waals surface area contributed by atoms with Gasteiger partial charge in [0.25, 0.3) is 5.91 Å². The van der Waals surface area contributed by atoms with Gasteiger partial charge in [-0.2, -0.15) is 0 Å². The van der Waals surface area contributed by atoms with E-state index in [4.69, 9.17) is 4.98 Å². The fraction of sp³-hybridized carbons (Fsp3) is 0.333. The molecule has 0 bridgehead atoms. The molecule has 0 unspecified atom stereocenters. The van der Waals surface area contributed by atoms with E-state index in [0.29, 0.717) is 5.69 Å². The van der Waals surface area contributed by atoms with Crippen molar-refractivity contribution in [3.8, 4) is 0 Å². The van der Waals surface area contributed by atoms with E-state index in [1.54, 1.807) is 16.7 Å². The Morgan fingerprint density at radius 1 is 1.35 bits per heavy atom. The van der Waals surface area contributed by atoms with Crippen molar-refractivity contribution in [1.29, 1.82) is 0 Å². The van der Waals surface area contributed by atoms with E-state index in [1.807, 2.05) is 18.2 Å². The molecule has 1 N–H and O–H groups in total. The minimum atomic E-state index is -0.144. The number of nitrogens with one attached hydrogen (secondary N) is 1. The summed E-state index contributed by atoms with van der Waals surface area (Å²) in [6, 6.07) is 8.28. The summed E-state index contributed by atoms with van der Waals surface area (Å²) >= 11 is 2.89. The Morgan fingerprint density at radius 2 is 2.26 bits per heavy atom. The van der Waals surface area contributed by atoms with E-state index in [9.17, 15) is 4.79 Å². The Morgan fingerprint density at radius 3 is 3.09 bits per heavy atom. The lowest BCUT2D eigenvalue weighted by atomic mass is 10.1. The molecular weight excluding hydrogens is 330 g/mol. The molecule has 0 aliphatic carbocycles. The summed E-state index contributed by atoms with van der Waals surface area (Å²) in [6.07, 6.45) is 2.01. The first-order valence-electron chi connectivity index (χ1n) is 7.48. The first kappa shape index (κ1) is 14.5. The molecule has 1 fully saturated rings. The van der Waals surface area contributed by atoms with E-state index in [2.05, 4.69) is 25.9 Å². The van der Waals surface area contributed by atoms with Gasteiger partial charge in [0, 0.05) is 24.5 Å². The fourth-order valence-electron chi connectivity index (χ4n) is 2.79. The highest BCUT2D eigenvalue weighted by molar-refractivity contribution is 7.22. The van der Waals surface area contributed by atoms with Crippen LogP contribution in [0.2, 0.25) is 0 Å². The molecule has 1 aromatic carbocycles. The number of piperidine rings is 1. The molecule has 1 atom stereocenters. The molecule has 0 radical (unpaired) electrons. The normalized spacial score (nSPS) is 18.3. The quantitative estimate of drug-likeness (QED) is 0.790. The fourth-order valence-corrected chi connectivity index (χ4v) is 4.22. The van der Waals surface area contributed by atoms with Crippen LogP contribution >= 0.6 is 22.9 Å². The van der Waals surface area contributed by atoms with Crippen LogP contribution < -0.4 is 10.2 Å². The molecule has 1 aliphatic rings. The van der Waals surface area contributed by atoms with Crippen LogP contribution in [0.1, 0.15) is 23.3 Å². The van der Waals surface area contributed by atoms with Gasteiger partial charge >= 0.3 is 0 Å². The van der Waals surface area contributed by atoms with Crippen molar-refractivity contribution < 1.29 is 4.79 Å². The molecule has 0 spiro atoms. The third kappa shape index (κ3) is 3.04. The molecule has 3 heterocycles. The molecule has 4 rings (SSSR count). The number of carbonyl (C=O) groups excluding carboxylic acids is 1. The molecule has 3 aromatic rings. The van der Waals surface area contributed by atoms with Gasteiger partial charge in [-0.3, -0.25) is 4.79 Å². The van der Waals surface area contributed by atoms with Gasteiger partial charge in [-0.1, -0.05) is 28.0 Å². The molecule has 23 heavy (non-hydrogen) atoms. The number of aromatic nitrogens is 3. The highest BCUT2D eigenvalue weighted by Gasteiger charge is 2.24. The SMILES string of the molecule is O=C(N[C@@H]1CCCN(c2nc3ccccc3s2)C1)c1csnn1. The monoisotopic (exact) mass is 345 g/mol. The van der Waals surface area contributed by atoms with Crippen LogP contribution in [0.5, 0.6) is 0 Å². The number of rotatable bonds is 3. The molecule has 1 aliphatic heterocycles. The third-order valence-electron chi connectivity index (χ3n) is 3.90. The average Bonchev–Trinajstić information content (AvgIpc) is 3.24. The molecule has 0 saturated carbocycles. The molecule has 1 saturated heterocycles. The van der Waals surface area contributed by atoms with Crippen molar-refractivity contribution in [3.63, 3.8) is 0 Å². The third-order valence-corrected chi connectivity index (χ3v) is 5.50. The van der Waals surface area contributed by atoms with Crippen LogP contribution in [0.3, 0.4) is 0 Å². The minimum absolute atomic E-state index is 0.116. The van der Waals surface area contributed by atoms with Gasteiger partial charge in [0.1, 0.15) is 0 Å².